The molecule has 28 heavy (non-hydrogen) atoms. The summed E-state index contributed by atoms with van der Waals surface area (Å²) in [5, 5.41) is 0. The van der Waals surface area contributed by atoms with E-state index in [2.05, 4.69) is 15.9 Å². The van der Waals surface area contributed by atoms with Gasteiger partial charge in [-0.05, 0) is 77.9 Å². The van der Waals surface area contributed by atoms with Crippen LogP contribution in [0.2, 0.25) is 0 Å². The van der Waals surface area contributed by atoms with E-state index in [1.54, 1.807) is 11.0 Å². The number of nitrogens with zero attached hydrogens (tertiary/aromatic N) is 2. The van der Waals surface area contributed by atoms with Gasteiger partial charge in [0.2, 0.25) is 5.91 Å². The van der Waals surface area contributed by atoms with E-state index in [1.807, 2.05) is 37.3 Å². The molecule has 146 valence electrons. The largest absolute Gasteiger partial charge is 0.312 e. The summed E-state index contributed by atoms with van der Waals surface area (Å²) in [6, 6.07) is 11.1. The minimum absolute atomic E-state index is 0.111. The van der Waals surface area contributed by atoms with Crippen molar-refractivity contribution in [3.63, 3.8) is 0 Å². The number of halogens is 1. The fraction of sp³-hybridized carbons (Fsp3) is 0.381. The highest BCUT2D eigenvalue weighted by molar-refractivity contribution is 9.10. The fourth-order valence-electron chi connectivity index (χ4n) is 4.37. The molecule has 1 atom stereocenters. The van der Waals surface area contributed by atoms with Gasteiger partial charge in [-0.15, -0.1) is 0 Å². The summed E-state index contributed by atoms with van der Waals surface area (Å²) in [5.74, 6) is 0.240. The molecule has 1 amide bonds. The monoisotopic (exact) mass is 460 g/mol. The fourth-order valence-corrected chi connectivity index (χ4v) is 7.14. The van der Waals surface area contributed by atoms with Gasteiger partial charge in [-0.25, -0.2) is 8.42 Å². The van der Waals surface area contributed by atoms with Crippen LogP contribution in [0.1, 0.15) is 30.9 Å². The Morgan fingerprint density at radius 2 is 1.86 bits per heavy atom. The second-order valence-electron chi connectivity index (χ2n) is 7.91. The molecule has 2 aliphatic heterocycles. The van der Waals surface area contributed by atoms with Crippen molar-refractivity contribution in [3.8, 4) is 0 Å². The van der Waals surface area contributed by atoms with E-state index in [0.29, 0.717) is 17.4 Å². The first-order chi connectivity index (χ1) is 13.4. The molecule has 1 fully saturated rings. The first kappa shape index (κ1) is 18.2. The summed E-state index contributed by atoms with van der Waals surface area (Å²) in [6.45, 7) is 2.56. The summed E-state index contributed by atoms with van der Waals surface area (Å²) in [4.78, 5) is 14.6. The van der Waals surface area contributed by atoms with E-state index >= 15 is 0 Å². The lowest BCUT2D eigenvalue weighted by atomic mass is 10.1. The third-order valence-electron chi connectivity index (χ3n) is 5.90. The number of benzene rings is 2. The van der Waals surface area contributed by atoms with Gasteiger partial charge in [0, 0.05) is 28.7 Å². The molecular weight excluding hydrogens is 440 g/mol. The van der Waals surface area contributed by atoms with Crippen molar-refractivity contribution >= 4 is 43.2 Å². The number of carbonyl (C=O) groups excluding carboxylic acids is 1. The highest BCUT2D eigenvalue weighted by Crippen LogP contribution is 2.42. The maximum atomic E-state index is 13.6. The highest BCUT2D eigenvalue weighted by atomic mass is 79.9. The molecule has 3 aliphatic rings. The van der Waals surface area contributed by atoms with Gasteiger partial charge < -0.3 is 4.90 Å². The van der Waals surface area contributed by atoms with Crippen molar-refractivity contribution < 1.29 is 13.2 Å². The molecule has 2 heterocycles. The average molecular weight is 461 g/mol. The summed E-state index contributed by atoms with van der Waals surface area (Å²) in [5.41, 5.74) is 3.56. The van der Waals surface area contributed by atoms with E-state index in [9.17, 15) is 13.2 Å². The lowest BCUT2D eigenvalue weighted by molar-refractivity contribution is -0.119. The molecule has 7 heteroatoms. The Kier molecular flexibility index (Phi) is 4.11. The molecule has 0 N–H and O–H groups in total. The summed E-state index contributed by atoms with van der Waals surface area (Å²) in [6.07, 6.45) is 3.34. The van der Waals surface area contributed by atoms with Crippen LogP contribution in [0.5, 0.6) is 0 Å². The topological polar surface area (TPSA) is 57.7 Å². The minimum Gasteiger partial charge on any atom is -0.312 e. The van der Waals surface area contributed by atoms with Gasteiger partial charge in [-0.1, -0.05) is 18.2 Å². The zero-order valence-corrected chi connectivity index (χ0v) is 18.0. The molecule has 1 unspecified atom stereocenters. The smallest absolute Gasteiger partial charge is 0.265 e. The average Bonchev–Trinajstić information content (AvgIpc) is 3.33. The van der Waals surface area contributed by atoms with Crippen molar-refractivity contribution in [1.82, 2.24) is 0 Å². The normalized spacial score (nSPS) is 21.0. The Hall–Kier alpha value is -1.86. The maximum Gasteiger partial charge on any atom is 0.265 e. The summed E-state index contributed by atoms with van der Waals surface area (Å²) < 4.78 is 29.4. The van der Waals surface area contributed by atoms with Crippen molar-refractivity contribution in [1.29, 1.82) is 0 Å². The number of rotatable bonds is 3. The molecule has 2 aromatic rings. The number of hydrogen-bond donors (Lipinski definition) is 0. The minimum atomic E-state index is -3.76. The first-order valence-corrected chi connectivity index (χ1v) is 11.9. The Labute approximate surface area is 173 Å². The predicted molar refractivity (Wildman–Crippen MR) is 112 cm³/mol. The van der Waals surface area contributed by atoms with Crippen LogP contribution in [0, 0.1) is 5.92 Å². The standard InChI is InChI=1S/C21H21BrN2O3S/c1-13-10-15-4-2-3-5-18(15)24(13)28(26,27)20-12-19-16(11-17(20)22)8-9-23(19)21(25)14-6-7-14/h2-5,11-14H,6-10H2,1H3. The first-order valence-electron chi connectivity index (χ1n) is 9.64. The third-order valence-corrected chi connectivity index (χ3v) is 8.79. The van der Waals surface area contributed by atoms with Crippen LogP contribution in [-0.4, -0.2) is 26.9 Å². The van der Waals surface area contributed by atoms with Gasteiger partial charge in [-0.2, -0.15) is 0 Å². The number of para-hydroxylation sites is 1. The van der Waals surface area contributed by atoms with Crippen LogP contribution in [0.25, 0.3) is 0 Å². The molecule has 1 saturated carbocycles. The maximum absolute atomic E-state index is 13.6. The number of amides is 1. The highest BCUT2D eigenvalue weighted by Gasteiger charge is 2.40. The summed E-state index contributed by atoms with van der Waals surface area (Å²) in [7, 11) is -3.76. The van der Waals surface area contributed by atoms with Gasteiger partial charge >= 0.3 is 0 Å². The van der Waals surface area contributed by atoms with Crippen molar-refractivity contribution in [3.05, 3.63) is 52.0 Å². The van der Waals surface area contributed by atoms with Crippen molar-refractivity contribution in [2.75, 3.05) is 15.7 Å². The van der Waals surface area contributed by atoms with E-state index in [-0.39, 0.29) is 22.8 Å². The van der Waals surface area contributed by atoms with Crippen LogP contribution >= 0.6 is 15.9 Å². The molecule has 5 nitrogen and oxygen atoms in total. The number of carbonyl (C=O) groups is 1. The van der Waals surface area contributed by atoms with Crippen LogP contribution in [0.3, 0.4) is 0 Å². The van der Waals surface area contributed by atoms with Gasteiger partial charge in [0.1, 0.15) is 4.90 Å². The van der Waals surface area contributed by atoms with E-state index in [0.717, 1.165) is 41.8 Å². The third kappa shape index (κ3) is 2.70. The van der Waals surface area contributed by atoms with E-state index in [1.165, 1.54) is 4.31 Å². The van der Waals surface area contributed by atoms with Crippen LogP contribution in [-0.2, 0) is 27.7 Å². The molecule has 0 saturated heterocycles. The molecule has 0 aromatic heterocycles. The van der Waals surface area contributed by atoms with Crippen molar-refractivity contribution in [2.45, 2.75) is 43.5 Å². The van der Waals surface area contributed by atoms with Crippen molar-refractivity contribution in [2.24, 2.45) is 5.92 Å². The lowest BCUT2D eigenvalue weighted by Gasteiger charge is -2.26. The van der Waals surface area contributed by atoms with Gasteiger partial charge in [-0.3, -0.25) is 9.10 Å². The summed E-state index contributed by atoms with van der Waals surface area (Å²) >= 11 is 3.48. The Morgan fingerprint density at radius 1 is 1.11 bits per heavy atom. The van der Waals surface area contributed by atoms with Gasteiger partial charge in [0.05, 0.1) is 5.69 Å². The Balaban J connectivity index is 1.60. The van der Waals surface area contributed by atoms with Crippen LogP contribution in [0.4, 0.5) is 11.4 Å². The second-order valence-corrected chi connectivity index (χ2v) is 10.5. The van der Waals surface area contributed by atoms with E-state index in [4.69, 9.17) is 0 Å². The number of sulfonamides is 1. The zero-order valence-electron chi connectivity index (χ0n) is 15.6. The van der Waals surface area contributed by atoms with E-state index < -0.39 is 10.0 Å². The molecule has 1 aliphatic carbocycles. The molecular formula is C21H21BrN2O3S. The quantitative estimate of drug-likeness (QED) is 0.697. The van der Waals surface area contributed by atoms with Gasteiger partial charge in [0.25, 0.3) is 10.0 Å². The zero-order chi connectivity index (χ0) is 19.6. The number of anilines is 2. The SMILES string of the molecule is CC1Cc2ccccc2N1S(=O)(=O)c1cc2c(cc1Br)CCN2C(=O)C1CC1. The van der Waals surface area contributed by atoms with Gasteiger partial charge in [0.15, 0.2) is 0 Å². The predicted octanol–water partition coefficient (Wildman–Crippen LogP) is 3.89. The number of fused-ring (bicyclic) bond motifs is 2. The Bertz CT molecular complexity index is 1090. The van der Waals surface area contributed by atoms with Crippen LogP contribution in [0.15, 0.2) is 45.8 Å². The Morgan fingerprint density at radius 3 is 2.61 bits per heavy atom. The lowest BCUT2D eigenvalue weighted by Crippen LogP contribution is -2.36. The molecule has 0 bridgehead atoms. The molecule has 5 rings (SSSR count). The van der Waals surface area contributed by atoms with Crippen LogP contribution < -0.4 is 9.21 Å². The number of hydrogen-bond acceptors (Lipinski definition) is 3. The second kappa shape index (κ2) is 6.32. The molecule has 0 radical (unpaired) electrons. The molecule has 2 aromatic carbocycles. The molecule has 0 spiro atoms.